The molecular formula is C40H39N3O4S. The summed E-state index contributed by atoms with van der Waals surface area (Å²) in [5.41, 5.74) is -0.290. The molecule has 0 saturated carbocycles. The van der Waals surface area contributed by atoms with E-state index < -0.39 is 50.6 Å². The molecule has 3 aliphatic heterocycles. The van der Waals surface area contributed by atoms with Gasteiger partial charge >= 0.3 is 5.97 Å². The van der Waals surface area contributed by atoms with Crippen molar-refractivity contribution in [2.45, 2.75) is 68.0 Å². The highest BCUT2D eigenvalue weighted by Gasteiger charge is 2.81. The summed E-state index contributed by atoms with van der Waals surface area (Å²) in [5, 5.41) is 9.26. The Balaban J connectivity index is 1.31. The first kappa shape index (κ1) is 32.0. The molecule has 2 fully saturated rings. The first-order chi connectivity index (χ1) is 22.9. The van der Waals surface area contributed by atoms with E-state index in [0.717, 1.165) is 22.3 Å². The van der Waals surface area contributed by atoms with Crippen molar-refractivity contribution >= 4 is 29.4 Å². The average Bonchev–Trinajstić information content (AvgIpc) is 3.60. The number of benzene rings is 4. The lowest BCUT2D eigenvalue weighted by atomic mass is 9.58. The molecule has 0 aromatic heterocycles. The molecule has 4 aromatic carbocycles. The summed E-state index contributed by atoms with van der Waals surface area (Å²) < 4.78 is 5.59. The molecule has 1 spiro atoms. The van der Waals surface area contributed by atoms with Gasteiger partial charge in [-0.1, -0.05) is 142 Å². The SMILES string of the molecule is CC(C)(C)C(=O)C1C(c2ccccc2)(c2ccccc2)N=NC12C(=O)N1[C@@H](C(=O)OC(c3ccccc3)c3ccccc3)C(C)(C)S[C@@H]12. The minimum atomic E-state index is -1.49. The van der Waals surface area contributed by atoms with Crippen LogP contribution in [0.25, 0.3) is 0 Å². The van der Waals surface area contributed by atoms with Gasteiger partial charge in [0.2, 0.25) is 5.54 Å². The number of carbonyl (C=O) groups is 3. The van der Waals surface area contributed by atoms with E-state index in [1.165, 1.54) is 11.8 Å². The molecule has 3 heterocycles. The van der Waals surface area contributed by atoms with E-state index in [1.807, 2.05) is 156 Å². The molecule has 244 valence electrons. The van der Waals surface area contributed by atoms with Gasteiger partial charge < -0.3 is 9.64 Å². The van der Waals surface area contributed by atoms with Crippen LogP contribution in [0.4, 0.5) is 0 Å². The average molecular weight is 658 g/mol. The maximum atomic E-state index is 14.9. The first-order valence-corrected chi connectivity index (χ1v) is 17.2. The number of nitrogens with zero attached hydrogens (tertiary/aromatic N) is 3. The molecule has 48 heavy (non-hydrogen) atoms. The van der Waals surface area contributed by atoms with Crippen LogP contribution in [0.3, 0.4) is 0 Å². The zero-order chi connectivity index (χ0) is 33.9. The number of carbonyl (C=O) groups excluding carboxylic acids is 3. The van der Waals surface area contributed by atoms with Crippen molar-refractivity contribution < 1.29 is 19.1 Å². The number of hydrogen-bond acceptors (Lipinski definition) is 7. The Morgan fingerprint density at radius 2 is 1.21 bits per heavy atom. The summed E-state index contributed by atoms with van der Waals surface area (Å²) >= 11 is 1.49. The standard InChI is InChI=1S/C40H39N3O4S/c1-37(2,3)33(44)31-39(28-22-14-8-15-23-28,29-24-16-9-17-25-29)41-42-40(31)35(46)43-32(38(4,5)48-36(40)43)34(45)47-30(26-18-10-6-11-19-26)27-20-12-7-13-21-27/h6-25,30-32,36H,1-5H3/t31?,32-,36+,40?/m0/s1. The Morgan fingerprint density at radius 3 is 1.67 bits per heavy atom. The van der Waals surface area contributed by atoms with Gasteiger partial charge in [-0.3, -0.25) is 9.59 Å². The van der Waals surface area contributed by atoms with Crippen LogP contribution in [0.5, 0.6) is 0 Å². The highest BCUT2D eigenvalue weighted by Crippen LogP contribution is 2.66. The van der Waals surface area contributed by atoms with E-state index in [-0.39, 0.29) is 11.7 Å². The number of rotatable bonds is 7. The number of esters is 1. The molecule has 0 N–H and O–H groups in total. The van der Waals surface area contributed by atoms with Crippen LogP contribution >= 0.6 is 11.8 Å². The molecule has 1 amide bonds. The highest BCUT2D eigenvalue weighted by molar-refractivity contribution is 8.01. The Hall–Kier alpha value is -4.56. The maximum Gasteiger partial charge on any atom is 0.331 e. The highest BCUT2D eigenvalue weighted by atomic mass is 32.2. The molecule has 2 saturated heterocycles. The molecule has 7 nitrogen and oxygen atoms in total. The molecule has 3 aliphatic rings. The lowest BCUT2D eigenvalue weighted by molar-refractivity contribution is -0.174. The fourth-order valence-corrected chi connectivity index (χ4v) is 9.30. The van der Waals surface area contributed by atoms with Gasteiger partial charge in [-0.05, 0) is 36.1 Å². The smallest absolute Gasteiger partial charge is 0.331 e. The van der Waals surface area contributed by atoms with Gasteiger partial charge in [-0.2, -0.15) is 10.2 Å². The number of fused-ring (bicyclic) bond motifs is 2. The van der Waals surface area contributed by atoms with Crippen LogP contribution in [0, 0.1) is 11.3 Å². The van der Waals surface area contributed by atoms with E-state index in [9.17, 15) is 14.4 Å². The lowest BCUT2D eigenvalue weighted by Gasteiger charge is -2.53. The second-order valence-corrected chi connectivity index (χ2v) is 16.1. The van der Waals surface area contributed by atoms with Crippen molar-refractivity contribution in [1.82, 2.24) is 4.90 Å². The zero-order valence-electron chi connectivity index (χ0n) is 27.7. The number of Topliss-reactive ketones (excluding diaryl/α,β-unsaturated/α-hetero) is 1. The van der Waals surface area contributed by atoms with E-state index in [2.05, 4.69) is 0 Å². The zero-order valence-corrected chi connectivity index (χ0v) is 28.6. The third-order valence-electron chi connectivity index (χ3n) is 9.88. The number of ether oxygens (including phenoxy) is 1. The van der Waals surface area contributed by atoms with E-state index >= 15 is 0 Å². The van der Waals surface area contributed by atoms with Crippen molar-refractivity contribution in [1.29, 1.82) is 0 Å². The third-order valence-corrected chi connectivity index (χ3v) is 11.5. The molecule has 4 atom stereocenters. The topological polar surface area (TPSA) is 88.4 Å². The fraction of sp³-hybridized carbons (Fsp3) is 0.325. The molecule has 4 aromatic rings. The van der Waals surface area contributed by atoms with Crippen LogP contribution in [0.15, 0.2) is 132 Å². The molecule has 2 unspecified atom stereocenters. The Labute approximate surface area is 285 Å². The summed E-state index contributed by atoms with van der Waals surface area (Å²) in [5.74, 6) is -1.92. The van der Waals surface area contributed by atoms with Gasteiger partial charge in [-0.25, -0.2) is 4.79 Å². The summed E-state index contributed by atoms with van der Waals surface area (Å²) in [7, 11) is 0. The van der Waals surface area contributed by atoms with Gasteiger partial charge in [0.25, 0.3) is 5.91 Å². The summed E-state index contributed by atoms with van der Waals surface area (Å²) in [4.78, 5) is 45.7. The van der Waals surface area contributed by atoms with Crippen molar-refractivity contribution in [3.63, 3.8) is 0 Å². The minimum Gasteiger partial charge on any atom is -0.451 e. The largest absolute Gasteiger partial charge is 0.451 e. The van der Waals surface area contributed by atoms with Gasteiger partial charge in [-0.15, -0.1) is 11.8 Å². The van der Waals surface area contributed by atoms with Crippen LogP contribution in [0.1, 0.15) is 63.0 Å². The van der Waals surface area contributed by atoms with Crippen molar-refractivity contribution in [3.8, 4) is 0 Å². The van der Waals surface area contributed by atoms with Crippen LogP contribution in [-0.2, 0) is 24.7 Å². The van der Waals surface area contributed by atoms with Gasteiger partial charge in [0.1, 0.15) is 22.7 Å². The Morgan fingerprint density at radius 1 is 0.750 bits per heavy atom. The van der Waals surface area contributed by atoms with Gasteiger partial charge in [0.15, 0.2) is 6.10 Å². The number of thioether (sulfide) groups is 1. The first-order valence-electron chi connectivity index (χ1n) is 16.3. The monoisotopic (exact) mass is 657 g/mol. The van der Waals surface area contributed by atoms with Crippen LogP contribution in [0.2, 0.25) is 0 Å². The summed E-state index contributed by atoms with van der Waals surface area (Å²) in [6.07, 6.45) is -0.657. The lowest BCUT2D eigenvalue weighted by Crippen LogP contribution is -2.77. The Bertz CT molecular complexity index is 1800. The summed E-state index contributed by atoms with van der Waals surface area (Å²) in [6, 6.07) is 37.7. The van der Waals surface area contributed by atoms with Crippen molar-refractivity contribution in [3.05, 3.63) is 144 Å². The van der Waals surface area contributed by atoms with Crippen LogP contribution < -0.4 is 0 Å². The van der Waals surface area contributed by atoms with Crippen molar-refractivity contribution in [2.24, 2.45) is 21.6 Å². The van der Waals surface area contributed by atoms with E-state index in [1.54, 1.807) is 4.90 Å². The summed E-state index contributed by atoms with van der Waals surface area (Å²) in [6.45, 7) is 9.54. The molecule has 8 heteroatoms. The van der Waals surface area contributed by atoms with E-state index in [0.29, 0.717) is 0 Å². The second-order valence-electron chi connectivity index (χ2n) is 14.4. The Kier molecular flexibility index (Phi) is 7.70. The van der Waals surface area contributed by atoms with E-state index in [4.69, 9.17) is 15.0 Å². The predicted molar refractivity (Wildman–Crippen MR) is 186 cm³/mol. The maximum absolute atomic E-state index is 14.9. The third kappa shape index (κ3) is 4.75. The van der Waals surface area contributed by atoms with Gasteiger partial charge in [0.05, 0.1) is 5.92 Å². The molecule has 0 radical (unpaired) electrons. The second kappa shape index (κ2) is 11.5. The van der Waals surface area contributed by atoms with Crippen molar-refractivity contribution in [2.75, 3.05) is 0 Å². The normalized spacial score (nSPS) is 25.2. The number of azo groups is 1. The molecule has 7 rings (SSSR count). The molecule has 0 aliphatic carbocycles. The number of β-lactam (4-membered cyclic amide) rings is 1. The molecular weight excluding hydrogens is 619 g/mol. The fourth-order valence-electron chi connectivity index (χ4n) is 7.59. The minimum absolute atomic E-state index is 0.106. The quantitative estimate of drug-likeness (QED) is 0.150. The number of ketones is 1. The molecule has 0 bridgehead atoms. The predicted octanol–water partition coefficient (Wildman–Crippen LogP) is 7.76. The van der Waals surface area contributed by atoms with Gasteiger partial charge in [0, 0.05) is 10.2 Å². The number of amides is 1. The number of hydrogen-bond donors (Lipinski definition) is 0. The van der Waals surface area contributed by atoms with Crippen LogP contribution in [-0.4, -0.2) is 44.3 Å².